The van der Waals surface area contributed by atoms with Crippen LogP contribution < -0.4 is 0 Å². The molecule has 1 atom stereocenters. The van der Waals surface area contributed by atoms with Crippen LogP contribution in [-0.4, -0.2) is 28.5 Å². The van der Waals surface area contributed by atoms with Gasteiger partial charge in [-0.05, 0) is 25.7 Å². The van der Waals surface area contributed by atoms with Crippen molar-refractivity contribution in [3.8, 4) is 0 Å². The Bertz CT molecular complexity index is 305. The molecule has 2 heterocycles. The van der Waals surface area contributed by atoms with E-state index in [4.69, 9.17) is 9.26 Å². The monoisotopic (exact) mass is 212 g/mol. The van der Waals surface area contributed by atoms with E-state index in [2.05, 4.69) is 10.1 Å². The SMILES string of the molecule is CC(O)c1nc(CC2CCOCC2)no1. The Morgan fingerprint density at radius 1 is 1.47 bits per heavy atom. The Kier molecular flexibility index (Phi) is 3.33. The van der Waals surface area contributed by atoms with Crippen LogP contribution >= 0.6 is 0 Å². The number of hydrogen-bond acceptors (Lipinski definition) is 5. The number of aliphatic hydroxyl groups excluding tert-OH is 1. The van der Waals surface area contributed by atoms with E-state index in [0.29, 0.717) is 17.6 Å². The lowest BCUT2D eigenvalue weighted by Crippen LogP contribution is -2.18. The van der Waals surface area contributed by atoms with Crippen LogP contribution in [0.25, 0.3) is 0 Å². The van der Waals surface area contributed by atoms with Gasteiger partial charge in [0.2, 0.25) is 0 Å². The fourth-order valence-electron chi connectivity index (χ4n) is 1.73. The van der Waals surface area contributed by atoms with Gasteiger partial charge in [-0.2, -0.15) is 4.98 Å². The van der Waals surface area contributed by atoms with Crippen molar-refractivity contribution >= 4 is 0 Å². The van der Waals surface area contributed by atoms with Gasteiger partial charge in [-0.15, -0.1) is 0 Å². The van der Waals surface area contributed by atoms with E-state index in [0.717, 1.165) is 32.5 Å². The first-order valence-corrected chi connectivity index (χ1v) is 5.34. The van der Waals surface area contributed by atoms with Crippen molar-refractivity contribution in [1.29, 1.82) is 0 Å². The summed E-state index contributed by atoms with van der Waals surface area (Å²) in [5.74, 6) is 1.58. The Morgan fingerprint density at radius 3 is 2.80 bits per heavy atom. The fraction of sp³-hybridized carbons (Fsp3) is 0.800. The second kappa shape index (κ2) is 4.72. The standard InChI is InChI=1S/C10H16N2O3/c1-7(13)10-11-9(12-15-10)6-8-2-4-14-5-3-8/h7-8,13H,2-6H2,1H3. The summed E-state index contributed by atoms with van der Waals surface area (Å²) in [6.07, 6.45) is 2.25. The largest absolute Gasteiger partial charge is 0.384 e. The molecule has 1 saturated heterocycles. The summed E-state index contributed by atoms with van der Waals surface area (Å²) in [5.41, 5.74) is 0. The Hall–Kier alpha value is -0.940. The summed E-state index contributed by atoms with van der Waals surface area (Å²) in [6, 6.07) is 0. The average Bonchev–Trinajstić information content (AvgIpc) is 2.68. The number of nitrogens with zero attached hydrogens (tertiary/aromatic N) is 2. The van der Waals surface area contributed by atoms with Gasteiger partial charge in [0.25, 0.3) is 5.89 Å². The molecule has 84 valence electrons. The minimum atomic E-state index is -0.680. The second-order valence-corrected chi connectivity index (χ2v) is 3.98. The first-order chi connectivity index (χ1) is 7.25. The van der Waals surface area contributed by atoms with E-state index in [9.17, 15) is 5.11 Å². The highest BCUT2D eigenvalue weighted by molar-refractivity contribution is 4.90. The highest BCUT2D eigenvalue weighted by Gasteiger charge is 2.18. The van der Waals surface area contributed by atoms with Crippen LogP contribution in [0.1, 0.15) is 37.6 Å². The predicted molar refractivity (Wildman–Crippen MR) is 52.2 cm³/mol. The third kappa shape index (κ3) is 2.76. The summed E-state index contributed by atoms with van der Waals surface area (Å²) < 4.78 is 10.2. The van der Waals surface area contributed by atoms with E-state index in [1.54, 1.807) is 6.92 Å². The molecule has 1 unspecified atom stereocenters. The Balaban J connectivity index is 1.91. The molecule has 1 aliphatic heterocycles. The molecule has 0 amide bonds. The zero-order valence-electron chi connectivity index (χ0n) is 8.85. The molecule has 1 N–H and O–H groups in total. The van der Waals surface area contributed by atoms with Gasteiger partial charge in [-0.1, -0.05) is 5.16 Å². The molecule has 0 aromatic carbocycles. The zero-order valence-corrected chi connectivity index (χ0v) is 8.85. The minimum absolute atomic E-state index is 0.303. The van der Waals surface area contributed by atoms with Gasteiger partial charge in [0.15, 0.2) is 5.82 Å². The van der Waals surface area contributed by atoms with Gasteiger partial charge in [-0.25, -0.2) is 0 Å². The smallest absolute Gasteiger partial charge is 0.255 e. The lowest BCUT2D eigenvalue weighted by molar-refractivity contribution is 0.0658. The number of rotatable bonds is 3. The van der Waals surface area contributed by atoms with Crippen LogP contribution in [0.4, 0.5) is 0 Å². The van der Waals surface area contributed by atoms with E-state index < -0.39 is 6.10 Å². The number of ether oxygens (including phenoxy) is 1. The molecule has 5 heteroatoms. The van der Waals surface area contributed by atoms with Crippen molar-refractivity contribution in [3.63, 3.8) is 0 Å². The van der Waals surface area contributed by atoms with Crippen LogP contribution in [0.2, 0.25) is 0 Å². The van der Waals surface area contributed by atoms with Crippen LogP contribution in [-0.2, 0) is 11.2 Å². The fourth-order valence-corrected chi connectivity index (χ4v) is 1.73. The maximum Gasteiger partial charge on any atom is 0.255 e. The third-order valence-corrected chi connectivity index (χ3v) is 2.65. The summed E-state index contributed by atoms with van der Waals surface area (Å²) in [6.45, 7) is 3.27. The van der Waals surface area contributed by atoms with Crippen molar-refractivity contribution in [2.45, 2.75) is 32.3 Å². The molecule has 0 aliphatic carbocycles. The molecule has 2 rings (SSSR count). The quantitative estimate of drug-likeness (QED) is 0.812. The molecular formula is C10H16N2O3. The van der Waals surface area contributed by atoms with Crippen molar-refractivity contribution in [1.82, 2.24) is 10.1 Å². The third-order valence-electron chi connectivity index (χ3n) is 2.65. The van der Waals surface area contributed by atoms with Gasteiger partial charge in [0, 0.05) is 19.6 Å². The van der Waals surface area contributed by atoms with Gasteiger partial charge < -0.3 is 14.4 Å². The van der Waals surface area contributed by atoms with E-state index in [1.807, 2.05) is 0 Å². The topological polar surface area (TPSA) is 68.4 Å². The maximum atomic E-state index is 9.23. The van der Waals surface area contributed by atoms with Crippen molar-refractivity contribution in [3.05, 3.63) is 11.7 Å². The van der Waals surface area contributed by atoms with Crippen LogP contribution in [0.3, 0.4) is 0 Å². The Morgan fingerprint density at radius 2 is 2.20 bits per heavy atom. The van der Waals surface area contributed by atoms with Gasteiger partial charge in [0.05, 0.1) is 0 Å². The predicted octanol–water partition coefficient (Wildman–Crippen LogP) is 1.09. The molecule has 0 saturated carbocycles. The normalized spacial score (nSPS) is 20.4. The minimum Gasteiger partial charge on any atom is -0.384 e. The van der Waals surface area contributed by atoms with E-state index in [-0.39, 0.29) is 0 Å². The molecule has 1 aliphatic rings. The first-order valence-electron chi connectivity index (χ1n) is 5.34. The molecule has 1 aromatic rings. The zero-order chi connectivity index (χ0) is 10.7. The summed E-state index contributed by atoms with van der Waals surface area (Å²) in [5, 5.41) is 13.1. The van der Waals surface area contributed by atoms with Crippen molar-refractivity contribution in [2.24, 2.45) is 5.92 Å². The molecule has 1 fully saturated rings. The lowest BCUT2D eigenvalue weighted by atomic mass is 9.96. The molecule has 5 nitrogen and oxygen atoms in total. The van der Waals surface area contributed by atoms with Gasteiger partial charge in [0.1, 0.15) is 6.10 Å². The van der Waals surface area contributed by atoms with Crippen molar-refractivity contribution in [2.75, 3.05) is 13.2 Å². The lowest BCUT2D eigenvalue weighted by Gasteiger charge is -2.20. The molecule has 1 aromatic heterocycles. The first kappa shape index (κ1) is 10.6. The van der Waals surface area contributed by atoms with Crippen LogP contribution in [0.5, 0.6) is 0 Å². The molecular weight excluding hydrogens is 196 g/mol. The molecule has 0 bridgehead atoms. The summed E-state index contributed by atoms with van der Waals surface area (Å²) >= 11 is 0. The number of aliphatic hydroxyl groups is 1. The maximum absolute atomic E-state index is 9.23. The van der Waals surface area contributed by atoms with Crippen LogP contribution in [0.15, 0.2) is 4.52 Å². The van der Waals surface area contributed by atoms with Crippen LogP contribution in [0, 0.1) is 5.92 Å². The molecule has 15 heavy (non-hydrogen) atoms. The number of hydrogen-bond donors (Lipinski definition) is 1. The average molecular weight is 212 g/mol. The van der Waals surface area contributed by atoms with Gasteiger partial charge in [-0.3, -0.25) is 0 Å². The highest BCUT2D eigenvalue weighted by Crippen LogP contribution is 2.19. The summed E-state index contributed by atoms with van der Waals surface area (Å²) in [7, 11) is 0. The summed E-state index contributed by atoms with van der Waals surface area (Å²) in [4.78, 5) is 4.14. The molecule has 0 radical (unpaired) electrons. The Labute approximate surface area is 88.4 Å². The van der Waals surface area contributed by atoms with Gasteiger partial charge >= 0.3 is 0 Å². The highest BCUT2D eigenvalue weighted by atomic mass is 16.5. The number of aromatic nitrogens is 2. The molecule has 0 spiro atoms. The van der Waals surface area contributed by atoms with E-state index in [1.165, 1.54) is 0 Å². The second-order valence-electron chi connectivity index (χ2n) is 3.98. The van der Waals surface area contributed by atoms with Crippen molar-refractivity contribution < 1.29 is 14.4 Å². The van der Waals surface area contributed by atoms with E-state index >= 15 is 0 Å².